The van der Waals surface area contributed by atoms with Crippen LogP contribution in [0, 0.1) is 46.8 Å². The molecule has 0 unspecified atom stereocenters. The highest BCUT2D eigenvalue weighted by atomic mass is 16.1. The van der Waals surface area contributed by atoms with Crippen molar-refractivity contribution in [1.82, 2.24) is 0 Å². The molecule has 6 fully saturated rings. The first-order valence-electron chi connectivity index (χ1n) is 5.07. The first-order chi connectivity index (χ1) is 6.35. The summed E-state index contributed by atoms with van der Waals surface area (Å²) >= 11 is 0. The molecule has 6 saturated carbocycles. The average Bonchev–Trinajstić information content (AvgIpc) is 2.18. The number of rotatable bonds is 2. The van der Waals surface area contributed by atoms with Crippen LogP contribution in [0.3, 0.4) is 0 Å². The molecule has 0 heterocycles. The van der Waals surface area contributed by atoms with E-state index in [-0.39, 0.29) is 11.2 Å². The topological polar surface area (TPSA) is 53.5 Å². The number of hydrogen-bond donors (Lipinski definition) is 0. The van der Waals surface area contributed by atoms with Crippen molar-refractivity contribution in [3.8, 4) is 0 Å². The van der Waals surface area contributed by atoms with E-state index in [1.54, 1.807) is 0 Å². The molecule has 0 aromatic heterocycles. The van der Waals surface area contributed by atoms with Crippen molar-refractivity contribution in [3.05, 3.63) is 5.53 Å². The van der Waals surface area contributed by atoms with E-state index in [2.05, 4.69) is 4.79 Å². The van der Waals surface area contributed by atoms with E-state index >= 15 is 0 Å². The zero-order chi connectivity index (χ0) is 8.53. The van der Waals surface area contributed by atoms with Gasteiger partial charge in [-0.2, -0.15) is 4.79 Å². The Bertz CT molecular complexity index is 383. The highest BCUT2D eigenvalue weighted by Gasteiger charge is 3.06. The summed E-state index contributed by atoms with van der Waals surface area (Å²) in [6.45, 7) is 0. The Labute approximate surface area is 74.7 Å². The van der Waals surface area contributed by atoms with E-state index < -0.39 is 0 Å². The van der Waals surface area contributed by atoms with Gasteiger partial charge in [0.25, 0.3) is 0 Å². The molecule has 0 atom stereocenters. The molecule has 0 radical (unpaired) electrons. The largest absolute Gasteiger partial charge is 0.361 e. The van der Waals surface area contributed by atoms with Gasteiger partial charge in [0.2, 0.25) is 5.78 Å². The van der Waals surface area contributed by atoms with Gasteiger partial charge in [-0.25, -0.2) is 0 Å². The van der Waals surface area contributed by atoms with Crippen LogP contribution >= 0.6 is 0 Å². The molecule has 13 heavy (non-hydrogen) atoms. The summed E-state index contributed by atoms with van der Waals surface area (Å²) in [5.41, 5.74) is 8.39. The minimum absolute atomic E-state index is 0.0288. The van der Waals surface area contributed by atoms with Gasteiger partial charge in [0.15, 0.2) is 0 Å². The maximum atomic E-state index is 11.7. The maximum Gasteiger partial charge on any atom is 0.323 e. The molecule has 0 amide bonds. The Morgan fingerprint density at radius 2 is 1.69 bits per heavy atom. The monoisotopic (exact) mass is 172 g/mol. The first-order valence-corrected chi connectivity index (χ1v) is 5.07. The van der Waals surface area contributed by atoms with Crippen LogP contribution in [0.1, 0.15) is 0 Å². The second-order valence-corrected chi connectivity index (χ2v) is 5.43. The highest BCUT2D eigenvalue weighted by molar-refractivity contribution is 6.29. The molecular weight excluding hydrogens is 164 g/mol. The van der Waals surface area contributed by atoms with E-state index in [1.165, 1.54) is 0 Å². The second kappa shape index (κ2) is 1.16. The van der Waals surface area contributed by atoms with Crippen LogP contribution in [-0.2, 0) is 4.79 Å². The summed E-state index contributed by atoms with van der Waals surface area (Å²) in [6, 6.07) is 0. The zero-order valence-electron chi connectivity index (χ0n) is 6.92. The Balaban J connectivity index is 1.65. The van der Waals surface area contributed by atoms with Gasteiger partial charge in [-0.15, -0.1) is 0 Å². The lowest BCUT2D eigenvalue weighted by atomic mass is 8.96. The third-order valence-corrected chi connectivity index (χ3v) is 6.08. The Kier molecular flexibility index (Phi) is 0.509. The summed E-state index contributed by atoms with van der Waals surface area (Å²) in [5.74, 6) is 6.12. The van der Waals surface area contributed by atoms with E-state index in [4.69, 9.17) is 5.53 Å². The van der Waals surface area contributed by atoms with Crippen molar-refractivity contribution in [1.29, 1.82) is 0 Å². The minimum atomic E-state index is 0.0288. The number of nitrogens with zero attached hydrogens (tertiary/aromatic N) is 2. The lowest BCUT2D eigenvalue weighted by Gasteiger charge is -3.06. The van der Waals surface area contributed by atoms with E-state index in [0.717, 1.165) is 47.6 Å². The lowest BCUT2D eigenvalue weighted by molar-refractivity contribution is -0.594. The normalized spacial score (nSPS) is 75.5. The Morgan fingerprint density at radius 3 is 2.15 bits per heavy atom. The SMILES string of the molecule is [N-]=[N+]=CC(=O)C12C3C4C5C3C1C5C42. The summed E-state index contributed by atoms with van der Waals surface area (Å²) in [6.07, 6.45) is 1.14. The van der Waals surface area contributed by atoms with Gasteiger partial charge in [-0.05, 0) is 41.4 Å². The van der Waals surface area contributed by atoms with Gasteiger partial charge < -0.3 is 5.53 Å². The summed E-state index contributed by atoms with van der Waals surface area (Å²) < 4.78 is 0. The fraction of sp³-hybridized carbons (Fsp3) is 0.800. The first kappa shape index (κ1) is 5.71. The number of ketones is 1. The second-order valence-electron chi connectivity index (χ2n) is 5.43. The number of carbonyl (C=O) groups excluding carboxylic acids is 1. The standard InChI is InChI=1S/C10H8N2O/c11-12-1-2(13)10-7-4-3-5(7)9(10)6(3)8(4)10/h1,3-9H. The molecule has 6 rings (SSSR count). The van der Waals surface area contributed by atoms with Gasteiger partial charge in [-0.3, -0.25) is 4.79 Å². The molecule has 0 spiro atoms. The van der Waals surface area contributed by atoms with E-state index in [1.807, 2.05) is 0 Å². The van der Waals surface area contributed by atoms with Crippen LogP contribution in [0.2, 0.25) is 0 Å². The van der Waals surface area contributed by atoms with Crippen LogP contribution in [0.25, 0.3) is 5.53 Å². The third kappa shape index (κ3) is 0.235. The molecule has 0 aliphatic heterocycles. The van der Waals surface area contributed by atoms with Gasteiger partial charge in [0.05, 0.1) is 5.41 Å². The smallest absolute Gasteiger partial charge is 0.323 e. The minimum Gasteiger partial charge on any atom is -0.361 e. The zero-order valence-corrected chi connectivity index (χ0v) is 6.92. The van der Waals surface area contributed by atoms with Crippen LogP contribution in [0.15, 0.2) is 0 Å². The van der Waals surface area contributed by atoms with Gasteiger partial charge in [-0.1, -0.05) is 0 Å². The van der Waals surface area contributed by atoms with Crippen molar-refractivity contribution in [2.24, 2.45) is 46.8 Å². The lowest BCUT2D eigenvalue weighted by Crippen LogP contribution is -3.06. The molecule has 3 nitrogen and oxygen atoms in total. The van der Waals surface area contributed by atoms with Crippen LogP contribution < -0.4 is 0 Å². The Morgan fingerprint density at radius 1 is 1.15 bits per heavy atom. The van der Waals surface area contributed by atoms with Crippen molar-refractivity contribution >= 4 is 12.0 Å². The fourth-order valence-corrected chi connectivity index (χ4v) is 6.09. The van der Waals surface area contributed by atoms with E-state index in [9.17, 15) is 4.79 Å². The maximum absolute atomic E-state index is 11.7. The third-order valence-electron chi connectivity index (χ3n) is 6.08. The van der Waals surface area contributed by atoms with Crippen LogP contribution in [-0.4, -0.2) is 16.8 Å². The molecule has 6 aliphatic rings. The molecule has 64 valence electrons. The van der Waals surface area contributed by atoms with E-state index in [0.29, 0.717) is 0 Å². The Hall–Kier alpha value is -0.950. The van der Waals surface area contributed by atoms with Gasteiger partial charge >= 0.3 is 6.21 Å². The molecule has 0 aromatic rings. The quantitative estimate of drug-likeness (QED) is 0.334. The summed E-state index contributed by atoms with van der Waals surface area (Å²) in [5, 5.41) is 0. The van der Waals surface area contributed by atoms with Crippen LogP contribution in [0.4, 0.5) is 0 Å². The summed E-state index contributed by atoms with van der Waals surface area (Å²) in [7, 11) is 0. The molecule has 0 aromatic carbocycles. The van der Waals surface area contributed by atoms with Crippen molar-refractivity contribution < 1.29 is 9.58 Å². The molecule has 3 heteroatoms. The summed E-state index contributed by atoms with van der Waals surface area (Å²) in [4.78, 5) is 14.6. The number of hydrogen-bond acceptors (Lipinski definition) is 1. The van der Waals surface area contributed by atoms with Crippen molar-refractivity contribution in [2.45, 2.75) is 0 Å². The van der Waals surface area contributed by atoms with Crippen molar-refractivity contribution in [2.75, 3.05) is 0 Å². The molecular formula is C10H8N2O. The predicted molar refractivity (Wildman–Crippen MR) is 41.6 cm³/mol. The molecule has 0 saturated heterocycles. The molecule has 0 bridgehead atoms. The van der Waals surface area contributed by atoms with Crippen molar-refractivity contribution in [3.63, 3.8) is 0 Å². The molecule has 6 aliphatic carbocycles. The number of Topliss-reactive ketones (excluding diaryl/α,β-unsaturated/α-hetero) is 1. The van der Waals surface area contributed by atoms with Gasteiger partial charge in [0, 0.05) is 0 Å². The average molecular weight is 172 g/mol. The highest BCUT2D eigenvalue weighted by Crippen LogP contribution is 3.05. The number of carbonyl (C=O) groups is 1. The molecule has 0 N–H and O–H groups in total. The predicted octanol–water partition coefficient (Wildman–Crippen LogP) is 0.224. The fourth-order valence-electron chi connectivity index (χ4n) is 6.09. The van der Waals surface area contributed by atoms with Gasteiger partial charge in [0.1, 0.15) is 0 Å². The van der Waals surface area contributed by atoms with Crippen LogP contribution in [0.5, 0.6) is 0 Å².